The van der Waals surface area contributed by atoms with Crippen LogP contribution < -0.4 is 10.6 Å². The van der Waals surface area contributed by atoms with Crippen molar-refractivity contribution in [3.05, 3.63) is 59.2 Å². The molecule has 5 heteroatoms. The van der Waals surface area contributed by atoms with E-state index in [0.29, 0.717) is 17.8 Å². The van der Waals surface area contributed by atoms with Crippen LogP contribution in [0.3, 0.4) is 0 Å². The third kappa shape index (κ3) is 3.37. The Morgan fingerprint density at radius 1 is 1.14 bits per heavy atom. The van der Waals surface area contributed by atoms with Gasteiger partial charge in [-0.2, -0.15) is 0 Å². The summed E-state index contributed by atoms with van der Waals surface area (Å²) in [6.07, 6.45) is 0. The SMILES string of the molecule is CCNc1ccc(C)cc1C(=O)Nc1cccc(F)c1F. The predicted octanol–water partition coefficient (Wildman–Crippen LogP) is 3.96. The maximum atomic E-state index is 13.6. The standard InChI is InChI=1S/C16H16F2N2O/c1-3-19-13-8-7-10(2)9-11(13)16(21)20-14-6-4-5-12(17)15(14)18/h4-9,19H,3H2,1-2H3,(H,20,21). The molecule has 0 atom stereocenters. The Hall–Kier alpha value is -2.43. The van der Waals surface area contributed by atoms with Gasteiger partial charge in [-0.3, -0.25) is 4.79 Å². The van der Waals surface area contributed by atoms with Crippen molar-refractivity contribution in [3.63, 3.8) is 0 Å². The van der Waals surface area contributed by atoms with Crippen molar-refractivity contribution in [2.45, 2.75) is 13.8 Å². The summed E-state index contributed by atoms with van der Waals surface area (Å²) in [5.74, 6) is -2.55. The molecule has 2 N–H and O–H groups in total. The molecule has 0 aliphatic heterocycles. The summed E-state index contributed by atoms with van der Waals surface area (Å²) in [7, 11) is 0. The molecule has 0 heterocycles. The van der Waals surface area contributed by atoms with Crippen molar-refractivity contribution < 1.29 is 13.6 Å². The second-order valence-corrected chi connectivity index (χ2v) is 4.63. The fourth-order valence-corrected chi connectivity index (χ4v) is 1.98. The minimum atomic E-state index is -1.07. The Kier molecular flexibility index (Phi) is 4.52. The van der Waals surface area contributed by atoms with Gasteiger partial charge in [-0.25, -0.2) is 8.78 Å². The number of benzene rings is 2. The van der Waals surface area contributed by atoms with E-state index in [9.17, 15) is 13.6 Å². The third-order valence-corrected chi connectivity index (χ3v) is 2.99. The minimum absolute atomic E-state index is 0.177. The molecule has 2 rings (SSSR count). The molecule has 0 spiro atoms. The van der Waals surface area contributed by atoms with Crippen molar-refractivity contribution >= 4 is 17.3 Å². The van der Waals surface area contributed by atoms with Gasteiger partial charge in [-0.05, 0) is 38.1 Å². The van der Waals surface area contributed by atoms with E-state index in [2.05, 4.69) is 10.6 Å². The molecule has 0 aliphatic rings. The van der Waals surface area contributed by atoms with Gasteiger partial charge in [-0.15, -0.1) is 0 Å². The molecule has 0 radical (unpaired) electrons. The van der Waals surface area contributed by atoms with Crippen molar-refractivity contribution in [2.24, 2.45) is 0 Å². The summed E-state index contributed by atoms with van der Waals surface area (Å²) in [5, 5.41) is 5.47. The molecule has 1 amide bonds. The van der Waals surface area contributed by atoms with Crippen LogP contribution in [0.1, 0.15) is 22.8 Å². The molecule has 21 heavy (non-hydrogen) atoms. The number of halogens is 2. The summed E-state index contributed by atoms with van der Waals surface area (Å²) in [6, 6.07) is 9.02. The Bertz CT molecular complexity index is 671. The third-order valence-electron chi connectivity index (χ3n) is 2.99. The first-order valence-electron chi connectivity index (χ1n) is 6.62. The second-order valence-electron chi connectivity index (χ2n) is 4.63. The first-order chi connectivity index (χ1) is 10.0. The quantitative estimate of drug-likeness (QED) is 0.895. The van der Waals surface area contributed by atoms with E-state index in [1.54, 1.807) is 12.1 Å². The monoisotopic (exact) mass is 290 g/mol. The number of carbonyl (C=O) groups excluding carboxylic acids is 1. The van der Waals surface area contributed by atoms with Gasteiger partial charge in [0.2, 0.25) is 0 Å². The molecule has 0 aliphatic carbocycles. The molecule has 3 nitrogen and oxygen atoms in total. The highest BCUT2D eigenvalue weighted by Crippen LogP contribution is 2.21. The van der Waals surface area contributed by atoms with Crippen molar-refractivity contribution in [1.82, 2.24) is 0 Å². The number of anilines is 2. The molecule has 0 saturated carbocycles. The maximum absolute atomic E-state index is 13.6. The lowest BCUT2D eigenvalue weighted by atomic mass is 10.1. The number of nitrogens with one attached hydrogen (secondary N) is 2. The lowest BCUT2D eigenvalue weighted by molar-refractivity contribution is 0.102. The van der Waals surface area contributed by atoms with Gasteiger partial charge in [-0.1, -0.05) is 17.7 Å². The van der Waals surface area contributed by atoms with Crippen LogP contribution in [-0.4, -0.2) is 12.5 Å². The summed E-state index contributed by atoms with van der Waals surface area (Å²) in [6.45, 7) is 4.42. The average Bonchev–Trinajstić information content (AvgIpc) is 2.46. The number of aryl methyl sites for hydroxylation is 1. The first kappa shape index (κ1) is 15.0. The Morgan fingerprint density at radius 3 is 2.62 bits per heavy atom. The van der Waals surface area contributed by atoms with Crippen molar-refractivity contribution in [1.29, 1.82) is 0 Å². The van der Waals surface area contributed by atoms with Gasteiger partial charge in [0.1, 0.15) is 0 Å². The van der Waals surface area contributed by atoms with E-state index in [1.807, 2.05) is 19.9 Å². The molecule has 0 saturated heterocycles. The molecular weight excluding hydrogens is 274 g/mol. The van der Waals surface area contributed by atoms with Crippen LogP contribution in [0.25, 0.3) is 0 Å². The fraction of sp³-hybridized carbons (Fsp3) is 0.188. The van der Waals surface area contributed by atoms with E-state index >= 15 is 0 Å². The van der Waals surface area contributed by atoms with Gasteiger partial charge in [0, 0.05) is 12.2 Å². The Balaban J connectivity index is 2.32. The lowest BCUT2D eigenvalue weighted by Gasteiger charge is -2.12. The number of amides is 1. The fourth-order valence-electron chi connectivity index (χ4n) is 1.98. The van der Waals surface area contributed by atoms with Crippen LogP contribution in [0.2, 0.25) is 0 Å². The largest absolute Gasteiger partial charge is 0.385 e. The van der Waals surface area contributed by atoms with Crippen LogP contribution in [0, 0.1) is 18.6 Å². The van der Waals surface area contributed by atoms with E-state index in [1.165, 1.54) is 12.1 Å². The molecule has 110 valence electrons. The highest BCUT2D eigenvalue weighted by atomic mass is 19.2. The molecule has 0 unspecified atom stereocenters. The zero-order valence-electron chi connectivity index (χ0n) is 11.8. The topological polar surface area (TPSA) is 41.1 Å². The molecular formula is C16H16F2N2O. The maximum Gasteiger partial charge on any atom is 0.257 e. The Morgan fingerprint density at radius 2 is 1.90 bits per heavy atom. The van der Waals surface area contributed by atoms with Gasteiger partial charge >= 0.3 is 0 Å². The van der Waals surface area contributed by atoms with E-state index in [-0.39, 0.29) is 5.69 Å². The van der Waals surface area contributed by atoms with E-state index in [4.69, 9.17) is 0 Å². The van der Waals surface area contributed by atoms with Crippen LogP contribution in [0.15, 0.2) is 36.4 Å². The average molecular weight is 290 g/mol. The van der Waals surface area contributed by atoms with E-state index in [0.717, 1.165) is 11.6 Å². The van der Waals surface area contributed by atoms with Crippen molar-refractivity contribution in [3.8, 4) is 0 Å². The number of hydrogen-bond acceptors (Lipinski definition) is 2. The highest BCUT2D eigenvalue weighted by Gasteiger charge is 2.15. The summed E-state index contributed by atoms with van der Waals surface area (Å²) < 4.78 is 26.8. The van der Waals surface area contributed by atoms with Crippen LogP contribution in [0.4, 0.5) is 20.2 Å². The summed E-state index contributed by atoms with van der Waals surface area (Å²) >= 11 is 0. The van der Waals surface area contributed by atoms with Crippen LogP contribution in [-0.2, 0) is 0 Å². The first-order valence-corrected chi connectivity index (χ1v) is 6.62. The van der Waals surface area contributed by atoms with Crippen LogP contribution >= 0.6 is 0 Å². The molecule has 0 fully saturated rings. The van der Waals surface area contributed by atoms with Gasteiger partial charge in [0.15, 0.2) is 11.6 Å². The second kappa shape index (κ2) is 6.35. The van der Waals surface area contributed by atoms with Gasteiger partial charge in [0.05, 0.1) is 11.3 Å². The predicted molar refractivity (Wildman–Crippen MR) is 79.7 cm³/mol. The van der Waals surface area contributed by atoms with Gasteiger partial charge < -0.3 is 10.6 Å². The molecule has 2 aromatic carbocycles. The zero-order valence-corrected chi connectivity index (χ0v) is 11.8. The zero-order chi connectivity index (χ0) is 15.4. The highest BCUT2D eigenvalue weighted by molar-refractivity contribution is 6.08. The summed E-state index contributed by atoms with van der Waals surface area (Å²) in [4.78, 5) is 12.3. The minimum Gasteiger partial charge on any atom is -0.385 e. The lowest BCUT2D eigenvalue weighted by Crippen LogP contribution is -2.16. The van der Waals surface area contributed by atoms with Gasteiger partial charge in [0.25, 0.3) is 5.91 Å². The number of rotatable bonds is 4. The summed E-state index contributed by atoms with van der Waals surface area (Å²) in [5.41, 5.74) is 1.77. The normalized spacial score (nSPS) is 10.3. The molecule has 0 aromatic heterocycles. The molecule has 0 bridgehead atoms. The molecule has 2 aromatic rings. The number of hydrogen-bond donors (Lipinski definition) is 2. The van der Waals surface area contributed by atoms with Crippen LogP contribution in [0.5, 0.6) is 0 Å². The smallest absolute Gasteiger partial charge is 0.257 e. The number of carbonyl (C=O) groups is 1. The Labute approximate surface area is 122 Å². The van der Waals surface area contributed by atoms with Crippen molar-refractivity contribution in [2.75, 3.05) is 17.2 Å². The van der Waals surface area contributed by atoms with E-state index < -0.39 is 17.5 Å².